The van der Waals surface area contributed by atoms with Crippen molar-refractivity contribution < 1.29 is 24.5 Å². The zero-order valence-corrected chi connectivity index (χ0v) is 12.4. The van der Waals surface area contributed by atoms with Gasteiger partial charge in [0.25, 0.3) is 0 Å². The highest BCUT2D eigenvalue weighted by Crippen LogP contribution is 2.34. The lowest BCUT2D eigenvalue weighted by molar-refractivity contribution is -0.141. The van der Waals surface area contributed by atoms with E-state index in [1.165, 1.54) is 0 Å². The average molecular weight is 302 g/mol. The van der Waals surface area contributed by atoms with Crippen LogP contribution < -0.4 is 9.47 Å². The van der Waals surface area contributed by atoms with E-state index in [1.807, 2.05) is 0 Å². The Bertz CT molecular complexity index is 584. The summed E-state index contributed by atoms with van der Waals surface area (Å²) < 4.78 is 10.2. The van der Waals surface area contributed by atoms with Crippen molar-refractivity contribution in [3.8, 4) is 11.5 Å². The van der Waals surface area contributed by atoms with Crippen LogP contribution in [0.1, 0.15) is 17.5 Å². The van der Waals surface area contributed by atoms with Gasteiger partial charge in [-0.2, -0.15) is 0 Å². The van der Waals surface area contributed by atoms with Crippen LogP contribution in [0.2, 0.25) is 0 Å². The Labute approximate surface area is 128 Å². The number of hydrogen-bond donors (Lipinski definition) is 2. The molecule has 5 nitrogen and oxygen atoms in total. The van der Waals surface area contributed by atoms with E-state index in [4.69, 9.17) is 14.6 Å². The molecule has 0 heterocycles. The van der Waals surface area contributed by atoms with Gasteiger partial charge in [0, 0.05) is 0 Å². The normalized spacial score (nSPS) is 11.0. The van der Waals surface area contributed by atoms with Gasteiger partial charge in [0.2, 0.25) is 0 Å². The molecule has 0 unspecified atom stereocenters. The van der Waals surface area contributed by atoms with Crippen molar-refractivity contribution in [3.05, 3.63) is 59.7 Å². The molecule has 0 amide bonds. The molecule has 0 aliphatic carbocycles. The van der Waals surface area contributed by atoms with Gasteiger partial charge in [0.1, 0.15) is 17.1 Å². The van der Waals surface area contributed by atoms with Crippen molar-refractivity contribution in [2.75, 3.05) is 14.2 Å². The average Bonchev–Trinajstić information content (AvgIpc) is 2.54. The molecule has 2 rings (SSSR count). The van der Waals surface area contributed by atoms with E-state index in [9.17, 15) is 9.90 Å². The molecular formula is C17H18O5. The molecule has 0 atom stereocenters. The van der Waals surface area contributed by atoms with Crippen LogP contribution in [0.3, 0.4) is 0 Å². The number of aliphatic carboxylic acids is 1. The van der Waals surface area contributed by atoms with Gasteiger partial charge in [0.05, 0.1) is 20.6 Å². The molecule has 0 aliphatic rings. The third-order valence-corrected chi connectivity index (χ3v) is 3.54. The summed E-state index contributed by atoms with van der Waals surface area (Å²) in [6.07, 6.45) is -0.439. The molecule has 0 radical (unpaired) electrons. The Morgan fingerprint density at radius 2 is 1.27 bits per heavy atom. The number of carboxylic acids is 1. The molecule has 2 N–H and O–H groups in total. The van der Waals surface area contributed by atoms with Crippen LogP contribution in [0.4, 0.5) is 0 Å². The van der Waals surface area contributed by atoms with Crippen molar-refractivity contribution in [2.24, 2.45) is 0 Å². The van der Waals surface area contributed by atoms with Crippen molar-refractivity contribution in [2.45, 2.75) is 12.0 Å². The van der Waals surface area contributed by atoms with Gasteiger partial charge in [-0.3, -0.25) is 4.79 Å². The predicted molar refractivity (Wildman–Crippen MR) is 81.2 cm³/mol. The Hall–Kier alpha value is -2.53. The van der Waals surface area contributed by atoms with Gasteiger partial charge in [-0.05, 0) is 35.4 Å². The molecule has 0 aliphatic heterocycles. The molecule has 2 aromatic rings. The zero-order chi connectivity index (χ0) is 16.2. The van der Waals surface area contributed by atoms with Gasteiger partial charge in [-0.25, -0.2) is 0 Å². The summed E-state index contributed by atoms with van der Waals surface area (Å²) in [6.45, 7) is 0. The number of aliphatic hydroxyl groups is 1. The summed E-state index contributed by atoms with van der Waals surface area (Å²) in [5, 5.41) is 20.2. The maximum atomic E-state index is 11.2. The van der Waals surface area contributed by atoms with E-state index in [0.29, 0.717) is 22.6 Å². The van der Waals surface area contributed by atoms with Crippen molar-refractivity contribution in [3.63, 3.8) is 0 Å². The second-order valence-electron chi connectivity index (χ2n) is 4.89. The molecule has 0 aromatic heterocycles. The largest absolute Gasteiger partial charge is 0.497 e. The van der Waals surface area contributed by atoms with E-state index in [0.717, 1.165) is 0 Å². The van der Waals surface area contributed by atoms with E-state index >= 15 is 0 Å². The number of benzene rings is 2. The van der Waals surface area contributed by atoms with Crippen LogP contribution in [0, 0.1) is 0 Å². The summed E-state index contributed by atoms with van der Waals surface area (Å²) in [6, 6.07) is 13.4. The van der Waals surface area contributed by atoms with E-state index in [2.05, 4.69) is 0 Å². The van der Waals surface area contributed by atoms with Crippen LogP contribution in [0.25, 0.3) is 0 Å². The molecule has 5 heteroatoms. The minimum atomic E-state index is -1.62. The first-order chi connectivity index (χ1) is 10.5. The minimum Gasteiger partial charge on any atom is -0.497 e. The third-order valence-electron chi connectivity index (χ3n) is 3.54. The second-order valence-corrected chi connectivity index (χ2v) is 4.89. The molecule has 0 spiro atoms. The SMILES string of the molecule is COc1ccc(C(O)(CC(=O)O)c2ccc(OC)cc2)cc1. The Morgan fingerprint density at radius 3 is 1.55 bits per heavy atom. The number of methoxy groups -OCH3 is 2. The van der Waals surface area contributed by atoms with E-state index < -0.39 is 18.0 Å². The molecule has 116 valence electrons. The monoisotopic (exact) mass is 302 g/mol. The number of ether oxygens (including phenoxy) is 2. The topological polar surface area (TPSA) is 76.0 Å². The number of carbonyl (C=O) groups is 1. The Kier molecular flexibility index (Phi) is 4.68. The highest BCUT2D eigenvalue weighted by Gasteiger charge is 2.34. The Morgan fingerprint density at radius 1 is 0.909 bits per heavy atom. The van der Waals surface area contributed by atoms with Gasteiger partial charge in [-0.15, -0.1) is 0 Å². The standard InChI is InChI=1S/C17H18O5/c1-21-14-7-3-12(4-8-14)17(20,11-16(18)19)13-5-9-15(22-2)10-6-13/h3-10,20H,11H2,1-2H3,(H,18,19). The number of hydrogen-bond acceptors (Lipinski definition) is 4. The van der Waals surface area contributed by atoms with Crippen LogP contribution >= 0.6 is 0 Å². The van der Waals surface area contributed by atoms with Gasteiger partial charge in [0.15, 0.2) is 0 Å². The number of carboxylic acid groups (broad SMARTS) is 1. The predicted octanol–water partition coefficient (Wildman–Crippen LogP) is 2.41. The fraction of sp³-hybridized carbons (Fsp3) is 0.235. The lowest BCUT2D eigenvalue weighted by Crippen LogP contribution is -2.30. The van der Waals surface area contributed by atoms with Crippen LogP contribution in [-0.4, -0.2) is 30.4 Å². The second kappa shape index (κ2) is 6.49. The smallest absolute Gasteiger partial charge is 0.306 e. The first-order valence-corrected chi connectivity index (χ1v) is 6.73. The van der Waals surface area contributed by atoms with Crippen molar-refractivity contribution in [1.82, 2.24) is 0 Å². The molecule has 0 saturated carbocycles. The molecular weight excluding hydrogens is 284 g/mol. The molecule has 2 aromatic carbocycles. The maximum Gasteiger partial charge on any atom is 0.306 e. The highest BCUT2D eigenvalue weighted by atomic mass is 16.5. The van der Waals surface area contributed by atoms with Crippen molar-refractivity contribution in [1.29, 1.82) is 0 Å². The summed E-state index contributed by atoms with van der Waals surface area (Å²) in [5.74, 6) is 0.182. The zero-order valence-electron chi connectivity index (χ0n) is 12.4. The van der Waals surface area contributed by atoms with Crippen LogP contribution in [0.15, 0.2) is 48.5 Å². The summed E-state index contributed by atoms with van der Waals surface area (Å²) in [5.41, 5.74) is -0.647. The van der Waals surface area contributed by atoms with Crippen LogP contribution in [0.5, 0.6) is 11.5 Å². The molecule has 0 saturated heterocycles. The van der Waals surface area contributed by atoms with E-state index in [-0.39, 0.29) is 0 Å². The third kappa shape index (κ3) is 3.20. The summed E-state index contributed by atoms with van der Waals surface area (Å²) >= 11 is 0. The van der Waals surface area contributed by atoms with Crippen LogP contribution in [-0.2, 0) is 10.4 Å². The minimum absolute atomic E-state index is 0.439. The first kappa shape index (κ1) is 15.9. The fourth-order valence-corrected chi connectivity index (χ4v) is 2.32. The molecule has 22 heavy (non-hydrogen) atoms. The number of rotatable bonds is 6. The van der Waals surface area contributed by atoms with E-state index in [1.54, 1.807) is 62.8 Å². The molecule has 0 bridgehead atoms. The summed E-state index contributed by atoms with van der Waals surface area (Å²) in [7, 11) is 3.09. The fourth-order valence-electron chi connectivity index (χ4n) is 2.32. The molecule has 0 fully saturated rings. The Balaban J connectivity index is 2.47. The van der Waals surface area contributed by atoms with Gasteiger partial charge < -0.3 is 19.7 Å². The lowest BCUT2D eigenvalue weighted by atomic mass is 9.83. The van der Waals surface area contributed by atoms with Gasteiger partial charge >= 0.3 is 5.97 Å². The lowest BCUT2D eigenvalue weighted by Gasteiger charge is -2.28. The first-order valence-electron chi connectivity index (χ1n) is 6.73. The maximum absolute atomic E-state index is 11.2. The van der Waals surface area contributed by atoms with Gasteiger partial charge in [-0.1, -0.05) is 24.3 Å². The highest BCUT2D eigenvalue weighted by molar-refractivity contribution is 5.70. The van der Waals surface area contributed by atoms with Crippen molar-refractivity contribution >= 4 is 5.97 Å². The quantitative estimate of drug-likeness (QED) is 0.857. The summed E-state index contributed by atoms with van der Waals surface area (Å²) in [4.78, 5) is 11.2.